The maximum absolute atomic E-state index is 12.2. The molecule has 0 amide bonds. The van der Waals surface area contributed by atoms with E-state index in [0.29, 0.717) is 19.6 Å². The zero-order valence-corrected chi connectivity index (χ0v) is 12.4. The molecule has 6 nitrogen and oxygen atoms in total. The summed E-state index contributed by atoms with van der Waals surface area (Å²) < 4.78 is 8.13. The molecule has 2 aromatic rings. The summed E-state index contributed by atoms with van der Waals surface area (Å²) in [5.41, 5.74) is -0.517. The lowest BCUT2D eigenvalue weighted by atomic mass is 10.2. The van der Waals surface area contributed by atoms with Gasteiger partial charge in [0.05, 0.1) is 12.3 Å². The molecule has 0 aliphatic carbocycles. The van der Waals surface area contributed by atoms with E-state index in [4.69, 9.17) is 4.42 Å². The Morgan fingerprint density at radius 1 is 1.29 bits per heavy atom. The summed E-state index contributed by atoms with van der Waals surface area (Å²) in [6, 6.07) is 5.20. The Bertz CT molecular complexity index is 670. The second-order valence-corrected chi connectivity index (χ2v) is 4.97. The molecule has 2 rings (SSSR count). The lowest BCUT2D eigenvalue weighted by Crippen LogP contribution is -2.41. The van der Waals surface area contributed by atoms with Gasteiger partial charge in [-0.1, -0.05) is 6.92 Å². The molecule has 0 aromatic carbocycles. The standard InChI is InChI=1S/C15H21N3O3/c1-3-8-17-9-6-14(19)18(15(17)20)10-7-16-12(2)13-5-4-11-21-13/h4-6,9,11-12,16H,3,7-8,10H2,1-2H3. The van der Waals surface area contributed by atoms with Crippen LogP contribution in [0.4, 0.5) is 0 Å². The first-order valence-electron chi connectivity index (χ1n) is 7.20. The van der Waals surface area contributed by atoms with Crippen molar-refractivity contribution in [2.75, 3.05) is 6.54 Å². The summed E-state index contributed by atoms with van der Waals surface area (Å²) in [5, 5.41) is 3.24. The second kappa shape index (κ2) is 7.08. The molecule has 1 atom stereocenters. The minimum Gasteiger partial charge on any atom is -0.468 e. The van der Waals surface area contributed by atoms with Crippen LogP contribution in [0.3, 0.4) is 0 Å². The van der Waals surface area contributed by atoms with E-state index in [1.54, 1.807) is 17.0 Å². The largest absolute Gasteiger partial charge is 0.468 e. The average Bonchev–Trinajstić information content (AvgIpc) is 3.00. The molecule has 1 N–H and O–H groups in total. The molecule has 0 saturated heterocycles. The molecule has 2 heterocycles. The van der Waals surface area contributed by atoms with E-state index < -0.39 is 0 Å². The van der Waals surface area contributed by atoms with Gasteiger partial charge < -0.3 is 14.3 Å². The smallest absolute Gasteiger partial charge is 0.331 e. The third-order valence-electron chi connectivity index (χ3n) is 3.36. The highest BCUT2D eigenvalue weighted by Crippen LogP contribution is 2.11. The fourth-order valence-electron chi connectivity index (χ4n) is 2.20. The van der Waals surface area contributed by atoms with E-state index in [2.05, 4.69) is 5.32 Å². The molecular formula is C15H21N3O3. The molecule has 0 aliphatic heterocycles. The summed E-state index contributed by atoms with van der Waals surface area (Å²) in [4.78, 5) is 24.0. The Hall–Kier alpha value is -2.08. The summed E-state index contributed by atoms with van der Waals surface area (Å²) in [7, 11) is 0. The van der Waals surface area contributed by atoms with Crippen LogP contribution in [-0.4, -0.2) is 15.7 Å². The molecule has 114 valence electrons. The lowest BCUT2D eigenvalue weighted by molar-refractivity contribution is 0.417. The highest BCUT2D eigenvalue weighted by Gasteiger charge is 2.08. The summed E-state index contributed by atoms with van der Waals surface area (Å²) in [5.74, 6) is 0.832. The van der Waals surface area contributed by atoms with Gasteiger partial charge in [-0.15, -0.1) is 0 Å². The van der Waals surface area contributed by atoms with Gasteiger partial charge in [-0.05, 0) is 25.5 Å². The van der Waals surface area contributed by atoms with Crippen LogP contribution in [-0.2, 0) is 13.1 Å². The first-order chi connectivity index (χ1) is 10.1. The molecule has 0 fully saturated rings. The van der Waals surface area contributed by atoms with Crippen molar-refractivity contribution in [3.63, 3.8) is 0 Å². The molecule has 0 bridgehead atoms. The zero-order valence-electron chi connectivity index (χ0n) is 12.4. The summed E-state index contributed by atoms with van der Waals surface area (Å²) in [6.45, 7) is 5.45. The zero-order chi connectivity index (χ0) is 15.2. The van der Waals surface area contributed by atoms with Crippen molar-refractivity contribution in [1.82, 2.24) is 14.5 Å². The van der Waals surface area contributed by atoms with Crippen molar-refractivity contribution in [1.29, 1.82) is 0 Å². The van der Waals surface area contributed by atoms with E-state index >= 15 is 0 Å². The molecule has 6 heteroatoms. The monoisotopic (exact) mass is 291 g/mol. The highest BCUT2D eigenvalue weighted by atomic mass is 16.3. The van der Waals surface area contributed by atoms with E-state index in [1.807, 2.05) is 26.0 Å². The molecule has 0 saturated carbocycles. The number of aryl methyl sites for hydroxylation is 1. The Morgan fingerprint density at radius 3 is 2.76 bits per heavy atom. The third-order valence-corrected chi connectivity index (χ3v) is 3.36. The normalized spacial score (nSPS) is 12.5. The molecule has 0 aliphatic rings. The van der Waals surface area contributed by atoms with Crippen molar-refractivity contribution in [3.8, 4) is 0 Å². The Morgan fingerprint density at radius 2 is 2.10 bits per heavy atom. The van der Waals surface area contributed by atoms with Crippen molar-refractivity contribution in [2.45, 2.75) is 39.4 Å². The minimum absolute atomic E-state index is 0.0391. The van der Waals surface area contributed by atoms with E-state index in [1.165, 1.54) is 10.6 Å². The van der Waals surface area contributed by atoms with Crippen LogP contribution >= 0.6 is 0 Å². The average molecular weight is 291 g/mol. The Kier molecular flexibility index (Phi) is 5.16. The fraction of sp³-hybridized carbons (Fsp3) is 0.467. The molecule has 2 aromatic heterocycles. The summed E-state index contributed by atoms with van der Waals surface area (Å²) >= 11 is 0. The van der Waals surface area contributed by atoms with Crippen molar-refractivity contribution < 1.29 is 4.42 Å². The Labute approximate surface area is 123 Å². The van der Waals surface area contributed by atoms with Gasteiger partial charge in [-0.25, -0.2) is 4.79 Å². The topological polar surface area (TPSA) is 69.2 Å². The van der Waals surface area contributed by atoms with E-state index in [-0.39, 0.29) is 17.3 Å². The molecule has 0 spiro atoms. The molecule has 1 unspecified atom stereocenters. The van der Waals surface area contributed by atoms with Gasteiger partial charge in [0.15, 0.2) is 0 Å². The van der Waals surface area contributed by atoms with Gasteiger partial charge in [-0.3, -0.25) is 9.36 Å². The van der Waals surface area contributed by atoms with Crippen LogP contribution in [0.15, 0.2) is 44.7 Å². The minimum atomic E-state index is -0.264. The Balaban J connectivity index is 2.01. The van der Waals surface area contributed by atoms with Gasteiger partial charge >= 0.3 is 5.69 Å². The number of furan rings is 1. The molecular weight excluding hydrogens is 270 g/mol. The number of nitrogens with zero attached hydrogens (tertiary/aromatic N) is 2. The number of hydrogen-bond acceptors (Lipinski definition) is 4. The first kappa shape index (κ1) is 15.3. The highest BCUT2D eigenvalue weighted by molar-refractivity contribution is 5.02. The van der Waals surface area contributed by atoms with Crippen molar-refractivity contribution >= 4 is 0 Å². The van der Waals surface area contributed by atoms with E-state index in [0.717, 1.165) is 12.2 Å². The first-order valence-corrected chi connectivity index (χ1v) is 7.20. The van der Waals surface area contributed by atoms with Crippen LogP contribution in [0.5, 0.6) is 0 Å². The number of aromatic nitrogens is 2. The predicted molar refractivity (Wildman–Crippen MR) is 80.4 cm³/mol. The van der Waals surface area contributed by atoms with E-state index in [9.17, 15) is 9.59 Å². The van der Waals surface area contributed by atoms with Gasteiger partial charge in [-0.2, -0.15) is 0 Å². The van der Waals surface area contributed by atoms with Gasteiger partial charge in [0.25, 0.3) is 5.56 Å². The lowest BCUT2D eigenvalue weighted by Gasteiger charge is -2.13. The fourth-order valence-corrected chi connectivity index (χ4v) is 2.20. The second-order valence-electron chi connectivity index (χ2n) is 4.97. The maximum atomic E-state index is 12.2. The summed E-state index contributed by atoms with van der Waals surface area (Å²) in [6.07, 6.45) is 4.04. The number of hydrogen-bond donors (Lipinski definition) is 1. The third kappa shape index (κ3) is 3.72. The van der Waals surface area contributed by atoms with Crippen LogP contribution in [0.2, 0.25) is 0 Å². The van der Waals surface area contributed by atoms with Crippen LogP contribution in [0.1, 0.15) is 32.1 Å². The molecule has 0 radical (unpaired) electrons. The molecule has 21 heavy (non-hydrogen) atoms. The van der Waals surface area contributed by atoms with Crippen molar-refractivity contribution in [2.24, 2.45) is 0 Å². The van der Waals surface area contributed by atoms with Gasteiger partial charge in [0.2, 0.25) is 0 Å². The van der Waals surface area contributed by atoms with Crippen molar-refractivity contribution in [3.05, 3.63) is 57.3 Å². The maximum Gasteiger partial charge on any atom is 0.331 e. The van der Waals surface area contributed by atoms with Gasteiger partial charge in [0, 0.05) is 31.9 Å². The van der Waals surface area contributed by atoms with Crippen LogP contribution in [0, 0.1) is 0 Å². The number of nitrogens with one attached hydrogen (secondary N) is 1. The van der Waals surface area contributed by atoms with Crippen LogP contribution in [0.25, 0.3) is 0 Å². The quantitative estimate of drug-likeness (QED) is 0.836. The number of rotatable bonds is 7. The van der Waals surface area contributed by atoms with Gasteiger partial charge in [0.1, 0.15) is 5.76 Å². The predicted octanol–water partition coefficient (Wildman–Crippen LogP) is 1.36. The van der Waals surface area contributed by atoms with Crippen LogP contribution < -0.4 is 16.6 Å². The SMILES string of the molecule is CCCn1ccc(=O)n(CCNC(C)c2ccco2)c1=O.